The molecule has 0 saturated heterocycles. The van der Waals surface area contributed by atoms with Gasteiger partial charge in [-0.15, -0.1) is 0 Å². The zero-order valence-corrected chi connectivity index (χ0v) is 7.55. The minimum Gasteiger partial charge on any atom is -0.480 e. The zero-order chi connectivity index (χ0) is 8.43. The highest BCUT2D eigenvalue weighted by Gasteiger charge is 2.04. The lowest BCUT2D eigenvalue weighted by Gasteiger charge is -2.04. The van der Waals surface area contributed by atoms with E-state index >= 15 is 0 Å². The molecule has 11 heavy (non-hydrogen) atoms. The van der Waals surface area contributed by atoms with Crippen molar-refractivity contribution < 1.29 is 4.74 Å². The smallest absolute Gasteiger partial charge is 0.229 e. The van der Waals surface area contributed by atoms with Crippen molar-refractivity contribution in [3.05, 3.63) is 10.5 Å². The number of hydrogen-bond acceptors (Lipinski definition) is 4. The predicted molar refractivity (Wildman–Crippen MR) is 47.3 cm³/mol. The summed E-state index contributed by atoms with van der Waals surface area (Å²) >= 11 is 3.22. The first-order valence-corrected chi connectivity index (χ1v) is 3.70. The van der Waals surface area contributed by atoms with E-state index in [4.69, 9.17) is 16.2 Å². The second-order valence-corrected chi connectivity index (χ2v) is 2.81. The lowest BCUT2D eigenvalue weighted by molar-refractivity contribution is 0.396. The van der Waals surface area contributed by atoms with Crippen LogP contribution in [0, 0.1) is 0 Å². The van der Waals surface area contributed by atoms with Crippen LogP contribution in [0.1, 0.15) is 0 Å². The molecule has 0 aliphatic rings. The van der Waals surface area contributed by atoms with Gasteiger partial charge in [0.2, 0.25) is 5.88 Å². The highest BCUT2D eigenvalue weighted by atomic mass is 79.9. The van der Waals surface area contributed by atoms with Crippen molar-refractivity contribution in [3.8, 4) is 5.88 Å². The van der Waals surface area contributed by atoms with E-state index in [-0.39, 0.29) is 5.82 Å². The van der Waals surface area contributed by atoms with E-state index in [1.807, 2.05) is 0 Å². The van der Waals surface area contributed by atoms with Crippen LogP contribution in [-0.2, 0) is 0 Å². The van der Waals surface area contributed by atoms with Crippen LogP contribution >= 0.6 is 15.9 Å². The van der Waals surface area contributed by atoms with Crippen LogP contribution in [0.25, 0.3) is 0 Å². The maximum Gasteiger partial charge on any atom is 0.229 e. The first-order valence-electron chi connectivity index (χ1n) is 2.90. The third-order valence-electron chi connectivity index (χ3n) is 1.20. The van der Waals surface area contributed by atoms with Gasteiger partial charge in [0.1, 0.15) is 0 Å². The van der Waals surface area contributed by atoms with Crippen molar-refractivity contribution >= 4 is 27.4 Å². The highest BCUT2D eigenvalue weighted by Crippen LogP contribution is 2.27. The molecule has 0 bridgehead atoms. The summed E-state index contributed by atoms with van der Waals surface area (Å²) in [4.78, 5) is 3.87. The van der Waals surface area contributed by atoms with Gasteiger partial charge in [-0.3, -0.25) is 0 Å². The van der Waals surface area contributed by atoms with Gasteiger partial charge in [-0.1, -0.05) is 0 Å². The number of anilines is 2. The second kappa shape index (κ2) is 2.96. The van der Waals surface area contributed by atoms with Gasteiger partial charge in [0.15, 0.2) is 5.82 Å². The maximum atomic E-state index is 5.47. The summed E-state index contributed by atoms with van der Waals surface area (Å²) in [6.07, 6.45) is 0. The van der Waals surface area contributed by atoms with Gasteiger partial charge >= 0.3 is 0 Å². The van der Waals surface area contributed by atoms with Crippen molar-refractivity contribution in [1.82, 2.24) is 4.98 Å². The number of nitrogens with zero attached hydrogens (tertiary/aromatic N) is 1. The van der Waals surface area contributed by atoms with E-state index in [2.05, 4.69) is 20.9 Å². The van der Waals surface area contributed by atoms with Crippen LogP contribution in [0.4, 0.5) is 11.5 Å². The summed E-state index contributed by atoms with van der Waals surface area (Å²) in [5.41, 5.74) is 11.3. The number of rotatable bonds is 1. The standard InChI is InChI=1S/C6H8BrN3O/c1-11-6-3(7)2-4(8)5(9)10-6/h2H,8H2,1H3,(H2,9,10). The molecule has 1 aromatic rings. The molecule has 0 aromatic carbocycles. The summed E-state index contributed by atoms with van der Waals surface area (Å²) in [5, 5.41) is 0. The third kappa shape index (κ3) is 1.54. The largest absolute Gasteiger partial charge is 0.480 e. The number of hydrogen-bond donors (Lipinski definition) is 2. The number of halogens is 1. The molecule has 0 spiro atoms. The average Bonchev–Trinajstić information content (AvgIpc) is 1.97. The molecule has 0 aliphatic heterocycles. The third-order valence-corrected chi connectivity index (χ3v) is 1.77. The molecular formula is C6H8BrN3O. The Labute approximate surface area is 72.7 Å². The summed E-state index contributed by atoms with van der Waals surface area (Å²) in [5.74, 6) is 0.724. The lowest BCUT2D eigenvalue weighted by atomic mass is 10.4. The SMILES string of the molecule is COc1nc(N)c(N)cc1Br. The van der Waals surface area contributed by atoms with Crippen LogP contribution in [0.3, 0.4) is 0 Å². The molecule has 0 aliphatic carbocycles. The first-order chi connectivity index (χ1) is 5.15. The molecule has 1 rings (SSSR count). The van der Waals surface area contributed by atoms with Gasteiger partial charge < -0.3 is 16.2 Å². The minimum atomic E-state index is 0.282. The van der Waals surface area contributed by atoms with E-state index in [9.17, 15) is 0 Å². The molecule has 4 nitrogen and oxygen atoms in total. The van der Waals surface area contributed by atoms with Crippen molar-refractivity contribution in [2.75, 3.05) is 18.6 Å². The molecule has 1 aromatic heterocycles. The van der Waals surface area contributed by atoms with Crippen LogP contribution < -0.4 is 16.2 Å². The molecule has 0 radical (unpaired) electrons. The van der Waals surface area contributed by atoms with Crippen molar-refractivity contribution in [3.63, 3.8) is 0 Å². The quantitative estimate of drug-likeness (QED) is 0.737. The second-order valence-electron chi connectivity index (χ2n) is 1.95. The molecule has 4 N–H and O–H groups in total. The Morgan fingerprint density at radius 2 is 2.18 bits per heavy atom. The average molecular weight is 218 g/mol. The predicted octanol–water partition coefficient (Wildman–Crippen LogP) is 1.02. The van der Waals surface area contributed by atoms with Crippen LogP contribution in [0.2, 0.25) is 0 Å². The number of nitrogen functional groups attached to an aromatic ring is 2. The molecule has 0 atom stereocenters. The van der Waals surface area contributed by atoms with Crippen LogP contribution in [0.15, 0.2) is 10.5 Å². The minimum absolute atomic E-state index is 0.282. The Morgan fingerprint density at radius 1 is 1.55 bits per heavy atom. The van der Waals surface area contributed by atoms with Gasteiger partial charge in [0.25, 0.3) is 0 Å². The topological polar surface area (TPSA) is 74.2 Å². The van der Waals surface area contributed by atoms with Gasteiger partial charge in [-0.25, -0.2) is 0 Å². The van der Waals surface area contributed by atoms with Gasteiger partial charge in [-0.05, 0) is 22.0 Å². The molecule has 0 saturated carbocycles. The summed E-state index contributed by atoms with van der Waals surface area (Å²) < 4.78 is 5.59. The molecule has 0 amide bonds. The Hall–Kier alpha value is -0.970. The summed E-state index contributed by atoms with van der Waals surface area (Å²) in [6.45, 7) is 0. The van der Waals surface area contributed by atoms with E-state index in [0.29, 0.717) is 16.0 Å². The lowest BCUT2D eigenvalue weighted by Crippen LogP contribution is -2.00. The molecule has 5 heteroatoms. The van der Waals surface area contributed by atoms with Crippen molar-refractivity contribution in [1.29, 1.82) is 0 Å². The van der Waals surface area contributed by atoms with Crippen LogP contribution in [0.5, 0.6) is 5.88 Å². The highest BCUT2D eigenvalue weighted by molar-refractivity contribution is 9.10. The molecular weight excluding hydrogens is 210 g/mol. The maximum absolute atomic E-state index is 5.47. The number of nitrogens with two attached hydrogens (primary N) is 2. The Kier molecular flexibility index (Phi) is 2.19. The first kappa shape index (κ1) is 8.13. The fourth-order valence-electron chi connectivity index (χ4n) is 0.643. The zero-order valence-electron chi connectivity index (χ0n) is 5.97. The Morgan fingerprint density at radius 3 is 2.73 bits per heavy atom. The van der Waals surface area contributed by atoms with Crippen molar-refractivity contribution in [2.24, 2.45) is 0 Å². The van der Waals surface area contributed by atoms with E-state index in [1.165, 1.54) is 7.11 Å². The number of ether oxygens (including phenoxy) is 1. The molecule has 0 fully saturated rings. The number of methoxy groups -OCH3 is 1. The molecule has 1 heterocycles. The summed E-state index contributed by atoms with van der Waals surface area (Å²) in [6, 6.07) is 1.65. The number of aromatic nitrogens is 1. The number of pyridine rings is 1. The Balaban J connectivity index is 3.21. The van der Waals surface area contributed by atoms with E-state index in [0.717, 1.165) is 0 Å². The van der Waals surface area contributed by atoms with Gasteiger partial charge in [0, 0.05) is 0 Å². The van der Waals surface area contributed by atoms with Crippen LogP contribution in [-0.4, -0.2) is 12.1 Å². The van der Waals surface area contributed by atoms with Gasteiger partial charge in [0.05, 0.1) is 17.3 Å². The fourth-order valence-corrected chi connectivity index (χ4v) is 1.14. The summed E-state index contributed by atoms with van der Waals surface area (Å²) in [7, 11) is 1.52. The normalized spacial score (nSPS) is 9.64. The molecule has 60 valence electrons. The van der Waals surface area contributed by atoms with E-state index < -0.39 is 0 Å². The van der Waals surface area contributed by atoms with Gasteiger partial charge in [-0.2, -0.15) is 4.98 Å². The molecule has 0 unspecified atom stereocenters. The fraction of sp³-hybridized carbons (Fsp3) is 0.167. The Bertz CT molecular complexity index is 277. The van der Waals surface area contributed by atoms with Crippen molar-refractivity contribution in [2.45, 2.75) is 0 Å². The monoisotopic (exact) mass is 217 g/mol. The van der Waals surface area contributed by atoms with E-state index in [1.54, 1.807) is 6.07 Å².